The molecule has 9 heteroatoms. The molecule has 1 fully saturated rings. The lowest BCUT2D eigenvalue weighted by Crippen LogP contribution is -2.36. The molecule has 4 unspecified atom stereocenters. The molecule has 1 aliphatic carbocycles. The Morgan fingerprint density at radius 3 is 2.47 bits per heavy atom. The predicted molar refractivity (Wildman–Crippen MR) is 103 cm³/mol. The van der Waals surface area contributed by atoms with Gasteiger partial charge >= 0.3 is 6.18 Å². The molecule has 162 valence electrons. The van der Waals surface area contributed by atoms with Crippen LogP contribution in [0, 0.1) is 11.7 Å². The molecular weight excluding hydrogens is 422 g/mol. The molecule has 1 heterocycles. The van der Waals surface area contributed by atoms with Crippen LogP contribution in [-0.2, 0) is 33.3 Å². The van der Waals surface area contributed by atoms with Gasteiger partial charge in [-0.05, 0) is 60.1 Å². The molecule has 4 nitrogen and oxygen atoms in total. The van der Waals surface area contributed by atoms with Gasteiger partial charge in [0.25, 0.3) is 10.1 Å². The average molecular weight is 443 g/mol. The minimum Gasteiger partial charge on any atom is -0.287 e. The Kier molecular flexibility index (Phi) is 5.40. The summed E-state index contributed by atoms with van der Waals surface area (Å²) < 4.78 is 82.7. The number of hydrogen-bond acceptors (Lipinski definition) is 4. The van der Waals surface area contributed by atoms with Crippen molar-refractivity contribution in [3.63, 3.8) is 0 Å². The van der Waals surface area contributed by atoms with Crippen molar-refractivity contribution in [1.29, 1.82) is 0 Å². The highest BCUT2D eigenvalue weighted by Gasteiger charge is 2.49. The normalized spacial score (nSPS) is 26.3. The molecule has 0 aromatic heterocycles. The summed E-state index contributed by atoms with van der Waals surface area (Å²) in [6, 6.07) is 9.82. The van der Waals surface area contributed by atoms with Crippen LogP contribution in [0.3, 0.4) is 0 Å². The van der Waals surface area contributed by atoms with Gasteiger partial charge in [-0.2, -0.15) is 21.6 Å². The molecule has 2 aromatic rings. The van der Waals surface area contributed by atoms with Crippen LogP contribution in [-0.4, -0.2) is 26.9 Å². The maximum Gasteiger partial charge on any atom is 0.416 e. The van der Waals surface area contributed by atoms with Gasteiger partial charge in [0.15, 0.2) is 0 Å². The molecule has 0 spiro atoms. The van der Waals surface area contributed by atoms with Crippen LogP contribution in [0.15, 0.2) is 42.5 Å². The first-order valence-electron chi connectivity index (χ1n) is 9.60. The monoisotopic (exact) mass is 443 g/mol. The van der Waals surface area contributed by atoms with Gasteiger partial charge in [-0.25, -0.2) is 4.39 Å². The lowest BCUT2D eigenvalue weighted by molar-refractivity contribution is -0.138. The van der Waals surface area contributed by atoms with Gasteiger partial charge in [0.1, 0.15) is 12.0 Å². The Morgan fingerprint density at radius 2 is 1.83 bits per heavy atom. The molecule has 4 rings (SSSR count). The second kappa shape index (κ2) is 7.62. The minimum absolute atomic E-state index is 0.113. The maximum atomic E-state index is 13.5. The van der Waals surface area contributed by atoms with Crippen molar-refractivity contribution in [1.82, 2.24) is 5.32 Å². The second-order valence-electron chi connectivity index (χ2n) is 7.92. The van der Waals surface area contributed by atoms with Crippen molar-refractivity contribution in [2.24, 2.45) is 5.92 Å². The fraction of sp³-hybridized carbons (Fsp3) is 0.429. The zero-order valence-corrected chi connectivity index (χ0v) is 16.9. The smallest absolute Gasteiger partial charge is 0.287 e. The molecule has 2 aliphatic rings. The highest BCUT2D eigenvalue weighted by molar-refractivity contribution is 7.86. The van der Waals surface area contributed by atoms with E-state index < -0.39 is 34.0 Å². The van der Waals surface area contributed by atoms with Gasteiger partial charge in [-0.15, -0.1) is 0 Å². The van der Waals surface area contributed by atoms with Gasteiger partial charge in [-0.1, -0.05) is 24.3 Å². The Balaban J connectivity index is 1.71. The molecule has 1 N–H and O–H groups in total. The van der Waals surface area contributed by atoms with Crippen LogP contribution >= 0.6 is 0 Å². The second-order valence-corrected chi connectivity index (χ2v) is 9.52. The largest absolute Gasteiger partial charge is 0.416 e. The molecule has 2 aromatic carbocycles. The van der Waals surface area contributed by atoms with Crippen LogP contribution in [0.5, 0.6) is 0 Å². The zero-order chi connectivity index (χ0) is 21.7. The summed E-state index contributed by atoms with van der Waals surface area (Å²) in [5.74, 6) is -1.01. The minimum atomic E-state index is -4.48. The fourth-order valence-corrected chi connectivity index (χ4v) is 5.37. The summed E-state index contributed by atoms with van der Waals surface area (Å²) in [6.07, 6.45) is -3.32. The highest BCUT2D eigenvalue weighted by atomic mass is 32.2. The quantitative estimate of drug-likeness (QED) is 0.573. The van der Waals surface area contributed by atoms with Crippen LogP contribution in [0.2, 0.25) is 0 Å². The van der Waals surface area contributed by atoms with E-state index in [0.717, 1.165) is 17.9 Å². The molecule has 1 saturated heterocycles. The van der Waals surface area contributed by atoms with E-state index in [9.17, 15) is 26.0 Å². The van der Waals surface area contributed by atoms with Gasteiger partial charge in [0, 0.05) is 12.0 Å². The summed E-state index contributed by atoms with van der Waals surface area (Å²) in [4.78, 5) is 0. The van der Waals surface area contributed by atoms with E-state index in [1.54, 1.807) is 18.2 Å². The number of alkyl halides is 3. The molecule has 4 atom stereocenters. The van der Waals surface area contributed by atoms with E-state index in [1.165, 1.54) is 18.2 Å². The van der Waals surface area contributed by atoms with Gasteiger partial charge in [0.05, 0.1) is 11.8 Å². The summed E-state index contributed by atoms with van der Waals surface area (Å²) in [5, 5.41) is 3.18. The van der Waals surface area contributed by atoms with Gasteiger partial charge in [0.2, 0.25) is 0 Å². The molecule has 0 saturated carbocycles. The van der Waals surface area contributed by atoms with Gasteiger partial charge in [-0.3, -0.25) is 9.50 Å². The van der Waals surface area contributed by atoms with Crippen molar-refractivity contribution in [2.75, 3.05) is 6.26 Å². The first-order valence-corrected chi connectivity index (χ1v) is 11.4. The Hall–Kier alpha value is -1.97. The third kappa shape index (κ3) is 4.24. The van der Waals surface area contributed by atoms with Crippen molar-refractivity contribution in [3.8, 4) is 0 Å². The van der Waals surface area contributed by atoms with Crippen LogP contribution in [0.1, 0.15) is 34.6 Å². The summed E-state index contributed by atoms with van der Waals surface area (Å²) in [5.41, 5.74) is 0.849. The summed E-state index contributed by atoms with van der Waals surface area (Å²) in [6.45, 7) is 0. The van der Waals surface area contributed by atoms with Crippen molar-refractivity contribution in [2.45, 2.75) is 43.6 Å². The van der Waals surface area contributed by atoms with E-state index >= 15 is 0 Å². The molecule has 0 radical (unpaired) electrons. The van der Waals surface area contributed by atoms with Crippen molar-refractivity contribution < 1.29 is 30.2 Å². The molecular formula is C21H21F4NO3S. The Morgan fingerprint density at radius 1 is 1.13 bits per heavy atom. The van der Waals surface area contributed by atoms with E-state index in [1.807, 2.05) is 0 Å². The van der Waals surface area contributed by atoms with Crippen molar-refractivity contribution >= 4 is 10.1 Å². The molecule has 1 aliphatic heterocycles. The third-order valence-corrected chi connectivity index (χ3v) is 6.49. The standard InChI is InChI=1S/C21H21F4NO3S/c1-30(27,28)29-20-19-15-3-2-4-17(21(23,24)25)14(15)9-10-16(19)18(26-20)11-12-5-7-13(22)8-6-12/h2-8,16,18-20,26H,9-11H2,1H3. The van der Waals surface area contributed by atoms with E-state index in [2.05, 4.69) is 5.32 Å². The van der Waals surface area contributed by atoms with E-state index in [-0.39, 0.29) is 29.8 Å². The Labute approximate surface area is 172 Å². The lowest BCUT2D eigenvalue weighted by atomic mass is 9.72. The fourth-order valence-electron chi connectivity index (χ4n) is 4.82. The first-order chi connectivity index (χ1) is 14.0. The number of nitrogens with one attached hydrogen (secondary N) is 1. The van der Waals surface area contributed by atoms with E-state index in [4.69, 9.17) is 4.18 Å². The number of benzene rings is 2. The van der Waals surface area contributed by atoms with Gasteiger partial charge < -0.3 is 0 Å². The van der Waals surface area contributed by atoms with E-state index in [0.29, 0.717) is 18.4 Å². The maximum absolute atomic E-state index is 13.5. The van der Waals surface area contributed by atoms with Crippen LogP contribution in [0.25, 0.3) is 0 Å². The highest BCUT2D eigenvalue weighted by Crippen LogP contribution is 2.48. The third-order valence-electron chi connectivity index (χ3n) is 5.93. The number of halogens is 4. The molecule has 0 amide bonds. The predicted octanol–water partition coefficient (Wildman–Crippen LogP) is 4.01. The number of hydrogen-bond donors (Lipinski definition) is 1. The Bertz CT molecular complexity index is 1040. The first kappa shape index (κ1) is 21.3. The van der Waals surface area contributed by atoms with Crippen molar-refractivity contribution in [3.05, 3.63) is 70.5 Å². The zero-order valence-electron chi connectivity index (χ0n) is 16.1. The summed E-state index contributed by atoms with van der Waals surface area (Å²) >= 11 is 0. The number of fused-ring (bicyclic) bond motifs is 3. The molecule has 30 heavy (non-hydrogen) atoms. The SMILES string of the molecule is CS(=O)(=O)OC1NC(Cc2ccc(F)cc2)C2CCc3c(cccc3C(F)(F)F)C12. The lowest BCUT2D eigenvalue weighted by Gasteiger charge is -2.33. The number of rotatable bonds is 4. The van der Waals surface area contributed by atoms with Crippen LogP contribution in [0.4, 0.5) is 17.6 Å². The topological polar surface area (TPSA) is 55.4 Å². The molecule has 0 bridgehead atoms. The average Bonchev–Trinajstić information content (AvgIpc) is 2.98. The summed E-state index contributed by atoms with van der Waals surface area (Å²) in [7, 11) is -3.84. The van der Waals surface area contributed by atoms with Crippen LogP contribution < -0.4 is 5.32 Å².